The maximum atomic E-state index is 9.62. The topological polar surface area (TPSA) is 56.0 Å². The third kappa shape index (κ3) is 5.34. The Labute approximate surface area is 128 Å². The minimum Gasteiger partial charge on any atom is -0.394 e. The summed E-state index contributed by atoms with van der Waals surface area (Å²) < 4.78 is 0. The van der Waals surface area contributed by atoms with Crippen molar-refractivity contribution < 1.29 is 5.11 Å². The van der Waals surface area contributed by atoms with Crippen molar-refractivity contribution in [2.24, 2.45) is 5.41 Å². The number of rotatable bonds is 9. The van der Waals surface area contributed by atoms with Crippen LogP contribution in [-0.2, 0) is 0 Å². The van der Waals surface area contributed by atoms with Gasteiger partial charge in [-0.25, -0.2) is 0 Å². The standard InChI is InChI=1S/C18H26N2O/c1-4-5-9-12-18(2,3)17(13-19)20-16(14-21)15-10-7-6-8-11-15/h4,6-8,10-11,16-17,20-21H,1,5,9,12,14H2,2-3H3/t16-,17?/m0/s1. The molecule has 1 aromatic rings. The van der Waals surface area contributed by atoms with Crippen LogP contribution in [0.4, 0.5) is 0 Å². The van der Waals surface area contributed by atoms with Crippen LogP contribution >= 0.6 is 0 Å². The van der Waals surface area contributed by atoms with Crippen molar-refractivity contribution in [3.05, 3.63) is 48.6 Å². The maximum absolute atomic E-state index is 9.62. The molecule has 1 aromatic carbocycles. The molecule has 2 N–H and O–H groups in total. The zero-order valence-corrected chi connectivity index (χ0v) is 13.0. The van der Waals surface area contributed by atoms with E-state index in [9.17, 15) is 10.4 Å². The third-order valence-corrected chi connectivity index (χ3v) is 3.89. The number of nitrogens with zero attached hydrogens (tertiary/aromatic N) is 1. The van der Waals surface area contributed by atoms with E-state index < -0.39 is 0 Å². The second-order valence-corrected chi connectivity index (χ2v) is 6.04. The molecular formula is C18H26N2O. The number of hydrogen-bond acceptors (Lipinski definition) is 3. The first-order valence-electron chi connectivity index (χ1n) is 7.47. The fraction of sp³-hybridized carbons (Fsp3) is 0.500. The first-order valence-corrected chi connectivity index (χ1v) is 7.47. The number of aliphatic hydroxyl groups is 1. The van der Waals surface area contributed by atoms with Crippen molar-refractivity contribution in [3.63, 3.8) is 0 Å². The summed E-state index contributed by atoms with van der Waals surface area (Å²) in [5.41, 5.74) is 0.849. The van der Waals surface area contributed by atoms with Gasteiger partial charge in [-0.1, -0.05) is 50.3 Å². The molecule has 2 atom stereocenters. The molecule has 1 unspecified atom stereocenters. The monoisotopic (exact) mass is 286 g/mol. The van der Waals surface area contributed by atoms with Gasteiger partial charge in [0.1, 0.15) is 6.04 Å². The molecule has 0 saturated heterocycles. The molecule has 0 bridgehead atoms. The Morgan fingerprint density at radius 2 is 2.05 bits per heavy atom. The van der Waals surface area contributed by atoms with E-state index >= 15 is 0 Å². The molecule has 1 rings (SSSR count). The second-order valence-electron chi connectivity index (χ2n) is 6.04. The Kier molecular flexibility index (Phi) is 7.14. The molecule has 0 aliphatic carbocycles. The lowest BCUT2D eigenvalue weighted by atomic mass is 9.79. The summed E-state index contributed by atoms with van der Waals surface area (Å²) in [6.07, 6.45) is 4.83. The van der Waals surface area contributed by atoms with Crippen molar-refractivity contribution >= 4 is 0 Å². The highest BCUT2D eigenvalue weighted by Crippen LogP contribution is 2.29. The van der Waals surface area contributed by atoms with Crippen LogP contribution in [0, 0.1) is 16.7 Å². The van der Waals surface area contributed by atoms with Crippen LogP contribution in [-0.4, -0.2) is 17.8 Å². The summed E-state index contributed by atoms with van der Waals surface area (Å²) in [4.78, 5) is 0. The van der Waals surface area contributed by atoms with Crippen LogP contribution in [0.5, 0.6) is 0 Å². The normalized spacial score (nSPS) is 14.2. The highest BCUT2D eigenvalue weighted by molar-refractivity contribution is 5.20. The van der Waals surface area contributed by atoms with Gasteiger partial charge < -0.3 is 5.11 Å². The Balaban J connectivity index is 2.75. The van der Waals surface area contributed by atoms with Crippen LogP contribution in [0.1, 0.15) is 44.7 Å². The molecule has 114 valence electrons. The van der Waals surface area contributed by atoms with Crippen LogP contribution in [0.3, 0.4) is 0 Å². The number of nitrogens with one attached hydrogen (secondary N) is 1. The van der Waals surface area contributed by atoms with Gasteiger partial charge in [0.2, 0.25) is 0 Å². The molecule has 0 radical (unpaired) electrons. The molecule has 3 nitrogen and oxygen atoms in total. The van der Waals surface area contributed by atoms with E-state index in [1.165, 1.54) is 0 Å². The van der Waals surface area contributed by atoms with Gasteiger partial charge in [-0.2, -0.15) is 5.26 Å². The largest absolute Gasteiger partial charge is 0.394 e. The smallest absolute Gasteiger partial charge is 0.101 e. The third-order valence-electron chi connectivity index (χ3n) is 3.89. The van der Waals surface area contributed by atoms with Gasteiger partial charge in [0.25, 0.3) is 0 Å². The summed E-state index contributed by atoms with van der Waals surface area (Å²) in [7, 11) is 0. The molecule has 0 fully saturated rings. The average molecular weight is 286 g/mol. The van der Waals surface area contributed by atoms with Crippen LogP contribution in [0.25, 0.3) is 0 Å². The van der Waals surface area contributed by atoms with E-state index in [2.05, 4.69) is 31.8 Å². The Hall–Kier alpha value is -1.63. The van der Waals surface area contributed by atoms with Crippen LogP contribution in [0.15, 0.2) is 43.0 Å². The van der Waals surface area contributed by atoms with E-state index in [0.29, 0.717) is 0 Å². The molecule has 0 aliphatic rings. The van der Waals surface area contributed by atoms with E-state index in [1.54, 1.807) is 0 Å². The predicted molar refractivity (Wildman–Crippen MR) is 86.6 cm³/mol. The average Bonchev–Trinajstić information content (AvgIpc) is 2.49. The van der Waals surface area contributed by atoms with Gasteiger partial charge in [-0.15, -0.1) is 6.58 Å². The van der Waals surface area contributed by atoms with E-state index in [1.807, 2.05) is 36.4 Å². The number of unbranched alkanes of at least 4 members (excludes halogenated alkanes) is 1. The molecule has 0 amide bonds. The number of benzene rings is 1. The first-order chi connectivity index (χ1) is 10.0. The number of hydrogen-bond donors (Lipinski definition) is 2. The highest BCUT2D eigenvalue weighted by atomic mass is 16.3. The van der Waals surface area contributed by atoms with E-state index in [4.69, 9.17) is 0 Å². The quantitative estimate of drug-likeness (QED) is 0.539. The lowest BCUT2D eigenvalue weighted by Gasteiger charge is -2.33. The fourth-order valence-electron chi connectivity index (χ4n) is 2.42. The highest BCUT2D eigenvalue weighted by Gasteiger charge is 2.30. The van der Waals surface area contributed by atoms with Gasteiger partial charge >= 0.3 is 0 Å². The van der Waals surface area contributed by atoms with Crippen LogP contribution < -0.4 is 5.32 Å². The van der Waals surface area contributed by atoms with E-state index in [-0.39, 0.29) is 24.1 Å². The summed E-state index contributed by atoms with van der Waals surface area (Å²) in [6, 6.07) is 11.6. The minimum absolute atomic E-state index is 0.0229. The predicted octanol–water partition coefficient (Wildman–Crippen LogP) is 3.58. The van der Waals surface area contributed by atoms with Gasteiger partial charge in [-0.3, -0.25) is 5.32 Å². The maximum Gasteiger partial charge on any atom is 0.101 e. The van der Waals surface area contributed by atoms with Crippen molar-refractivity contribution in [1.29, 1.82) is 5.26 Å². The Morgan fingerprint density at radius 3 is 2.57 bits per heavy atom. The van der Waals surface area contributed by atoms with Gasteiger partial charge in [0, 0.05) is 0 Å². The lowest BCUT2D eigenvalue weighted by molar-refractivity contribution is 0.194. The molecule has 0 heterocycles. The first kappa shape index (κ1) is 17.4. The second kappa shape index (κ2) is 8.61. The molecule has 21 heavy (non-hydrogen) atoms. The summed E-state index contributed by atoms with van der Waals surface area (Å²) in [6.45, 7) is 7.90. The van der Waals surface area contributed by atoms with Gasteiger partial charge in [0.05, 0.1) is 18.7 Å². The van der Waals surface area contributed by atoms with E-state index in [0.717, 1.165) is 24.8 Å². The zero-order valence-electron chi connectivity index (χ0n) is 13.0. The van der Waals surface area contributed by atoms with Crippen molar-refractivity contribution in [2.75, 3.05) is 6.61 Å². The fourth-order valence-corrected chi connectivity index (χ4v) is 2.42. The summed E-state index contributed by atoms with van der Waals surface area (Å²) in [5.74, 6) is 0. The summed E-state index contributed by atoms with van der Waals surface area (Å²) in [5, 5.41) is 22.4. The number of allylic oxidation sites excluding steroid dienone is 1. The molecule has 0 aromatic heterocycles. The van der Waals surface area contributed by atoms with Gasteiger partial charge in [-0.05, 0) is 30.2 Å². The zero-order chi connectivity index (χ0) is 15.7. The van der Waals surface area contributed by atoms with Crippen LogP contribution in [0.2, 0.25) is 0 Å². The Bertz CT molecular complexity index is 462. The number of nitriles is 1. The summed E-state index contributed by atoms with van der Waals surface area (Å²) >= 11 is 0. The molecule has 0 spiro atoms. The number of aliphatic hydroxyl groups excluding tert-OH is 1. The van der Waals surface area contributed by atoms with Crippen molar-refractivity contribution in [3.8, 4) is 6.07 Å². The molecule has 0 saturated carbocycles. The minimum atomic E-state index is -0.306. The SMILES string of the molecule is C=CCCCC(C)(C)C(C#N)N[C@@H](CO)c1ccccc1. The lowest BCUT2D eigenvalue weighted by Crippen LogP contribution is -2.43. The van der Waals surface area contributed by atoms with Crippen molar-refractivity contribution in [2.45, 2.75) is 45.2 Å². The molecular weight excluding hydrogens is 260 g/mol. The molecule has 3 heteroatoms. The molecule has 0 aliphatic heterocycles. The Morgan fingerprint density at radius 1 is 1.38 bits per heavy atom. The van der Waals surface area contributed by atoms with Gasteiger partial charge in [0.15, 0.2) is 0 Å². The van der Waals surface area contributed by atoms with Crippen molar-refractivity contribution in [1.82, 2.24) is 5.32 Å².